The molecule has 0 saturated carbocycles. The third kappa shape index (κ3) is 3.06. The summed E-state index contributed by atoms with van der Waals surface area (Å²) < 4.78 is 0. The Hall–Kier alpha value is -2.93. The van der Waals surface area contributed by atoms with E-state index >= 15 is 0 Å². The minimum atomic E-state index is -0.980. The van der Waals surface area contributed by atoms with Crippen LogP contribution in [0.15, 0.2) is 58.5 Å². The molecule has 0 aliphatic carbocycles. The summed E-state index contributed by atoms with van der Waals surface area (Å²) in [5, 5.41) is 12.4. The van der Waals surface area contributed by atoms with Crippen LogP contribution in [-0.4, -0.2) is 33.1 Å². The molecule has 126 valence electrons. The average molecular weight is 352 g/mol. The van der Waals surface area contributed by atoms with Gasteiger partial charge in [0.1, 0.15) is 5.82 Å². The summed E-state index contributed by atoms with van der Waals surface area (Å²) in [7, 11) is 1.52. The van der Waals surface area contributed by atoms with Crippen molar-refractivity contribution in [2.24, 2.45) is 0 Å². The SMILES string of the molecule is CN(Cc1ncc(-c2ccc3c(c2)Nc2ccccc2S3)[nH]1)C(=O)O. The molecule has 2 heterocycles. The van der Waals surface area contributed by atoms with E-state index in [4.69, 9.17) is 5.11 Å². The first-order valence-electron chi connectivity index (χ1n) is 7.76. The highest BCUT2D eigenvalue weighted by Crippen LogP contribution is 2.44. The molecule has 3 N–H and O–H groups in total. The van der Waals surface area contributed by atoms with Crippen LogP contribution in [0.5, 0.6) is 0 Å². The number of amides is 1. The minimum Gasteiger partial charge on any atom is -0.465 e. The van der Waals surface area contributed by atoms with Gasteiger partial charge in [0, 0.05) is 22.4 Å². The maximum atomic E-state index is 10.9. The molecule has 25 heavy (non-hydrogen) atoms. The van der Waals surface area contributed by atoms with Crippen molar-refractivity contribution >= 4 is 29.2 Å². The van der Waals surface area contributed by atoms with Gasteiger partial charge >= 0.3 is 6.09 Å². The van der Waals surface area contributed by atoms with Crippen molar-refractivity contribution in [1.29, 1.82) is 0 Å². The van der Waals surface area contributed by atoms with E-state index in [1.54, 1.807) is 18.0 Å². The van der Waals surface area contributed by atoms with E-state index in [2.05, 4.69) is 39.6 Å². The van der Waals surface area contributed by atoms with Gasteiger partial charge in [0.25, 0.3) is 0 Å². The van der Waals surface area contributed by atoms with Crippen molar-refractivity contribution in [2.75, 3.05) is 12.4 Å². The summed E-state index contributed by atoms with van der Waals surface area (Å²) in [6.07, 6.45) is 0.753. The zero-order chi connectivity index (χ0) is 17.4. The molecule has 6 nitrogen and oxygen atoms in total. The standard InChI is InChI=1S/C18H16N4O2S/c1-22(18(23)24)10-17-19-9-14(21-17)11-6-7-16-13(8-11)20-12-4-2-3-5-15(12)25-16/h2-9,20H,10H2,1H3,(H,19,21)(H,23,24). The lowest BCUT2D eigenvalue weighted by Gasteiger charge is -2.21. The van der Waals surface area contributed by atoms with Gasteiger partial charge in [0.2, 0.25) is 0 Å². The second-order valence-corrected chi connectivity index (χ2v) is 6.90. The number of hydrogen-bond donors (Lipinski definition) is 3. The van der Waals surface area contributed by atoms with Crippen LogP contribution in [-0.2, 0) is 6.54 Å². The zero-order valence-corrected chi connectivity index (χ0v) is 14.3. The highest BCUT2D eigenvalue weighted by molar-refractivity contribution is 7.99. The number of rotatable bonds is 3. The molecule has 0 saturated heterocycles. The first-order chi connectivity index (χ1) is 12.1. The van der Waals surface area contributed by atoms with Gasteiger partial charge in [-0.1, -0.05) is 30.0 Å². The Bertz CT molecular complexity index is 954. The van der Waals surface area contributed by atoms with Crippen molar-refractivity contribution < 1.29 is 9.90 Å². The van der Waals surface area contributed by atoms with Crippen LogP contribution in [0, 0.1) is 0 Å². The lowest BCUT2D eigenvalue weighted by molar-refractivity contribution is 0.153. The number of anilines is 2. The first-order valence-corrected chi connectivity index (χ1v) is 8.58. The predicted molar refractivity (Wildman–Crippen MR) is 97.4 cm³/mol. The summed E-state index contributed by atoms with van der Waals surface area (Å²) in [5.41, 5.74) is 4.02. The number of fused-ring (bicyclic) bond motifs is 2. The van der Waals surface area contributed by atoms with Crippen LogP contribution in [0.1, 0.15) is 5.82 Å². The lowest BCUT2D eigenvalue weighted by atomic mass is 10.1. The summed E-state index contributed by atoms with van der Waals surface area (Å²) in [4.78, 5) is 22.0. The molecule has 4 rings (SSSR count). The highest BCUT2D eigenvalue weighted by Gasteiger charge is 2.16. The lowest BCUT2D eigenvalue weighted by Crippen LogP contribution is -2.24. The number of benzene rings is 2. The van der Waals surface area contributed by atoms with Crippen molar-refractivity contribution in [3.05, 3.63) is 54.5 Å². The topological polar surface area (TPSA) is 81.2 Å². The van der Waals surface area contributed by atoms with E-state index in [9.17, 15) is 4.79 Å². The Balaban J connectivity index is 1.59. The second kappa shape index (κ2) is 6.18. The Morgan fingerprint density at radius 1 is 1.20 bits per heavy atom. The molecule has 1 aliphatic heterocycles. The quantitative estimate of drug-likeness (QED) is 0.509. The van der Waals surface area contributed by atoms with Crippen LogP contribution in [0.4, 0.5) is 16.2 Å². The minimum absolute atomic E-state index is 0.224. The van der Waals surface area contributed by atoms with Gasteiger partial charge in [-0.25, -0.2) is 9.78 Å². The van der Waals surface area contributed by atoms with Gasteiger partial charge in [-0.2, -0.15) is 0 Å². The van der Waals surface area contributed by atoms with Crippen molar-refractivity contribution in [2.45, 2.75) is 16.3 Å². The Morgan fingerprint density at radius 2 is 2.00 bits per heavy atom. The Morgan fingerprint density at radius 3 is 2.84 bits per heavy atom. The van der Waals surface area contributed by atoms with Crippen LogP contribution in [0.3, 0.4) is 0 Å². The van der Waals surface area contributed by atoms with Crippen LogP contribution >= 0.6 is 11.8 Å². The molecule has 3 aromatic rings. The van der Waals surface area contributed by atoms with E-state index in [-0.39, 0.29) is 6.54 Å². The molecule has 0 atom stereocenters. The van der Waals surface area contributed by atoms with E-state index < -0.39 is 6.09 Å². The van der Waals surface area contributed by atoms with E-state index in [1.807, 2.05) is 18.2 Å². The molecule has 0 fully saturated rings. The van der Waals surface area contributed by atoms with Crippen LogP contribution in [0.25, 0.3) is 11.3 Å². The maximum absolute atomic E-state index is 10.9. The van der Waals surface area contributed by atoms with Crippen molar-refractivity contribution in [3.8, 4) is 11.3 Å². The normalized spacial score (nSPS) is 12.0. The molecule has 1 aromatic heterocycles. The number of nitrogens with one attached hydrogen (secondary N) is 2. The number of imidazole rings is 1. The van der Waals surface area contributed by atoms with Crippen molar-refractivity contribution in [1.82, 2.24) is 14.9 Å². The van der Waals surface area contributed by atoms with Gasteiger partial charge in [-0.3, -0.25) is 0 Å². The number of para-hydroxylation sites is 1. The number of aromatic amines is 1. The van der Waals surface area contributed by atoms with Gasteiger partial charge in [-0.15, -0.1) is 0 Å². The molecule has 0 bridgehead atoms. The number of H-pyrrole nitrogens is 1. The fourth-order valence-electron chi connectivity index (χ4n) is 2.69. The third-order valence-electron chi connectivity index (χ3n) is 4.01. The Kier molecular flexibility index (Phi) is 3.85. The molecule has 1 amide bonds. The monoisotopic (exact) mass is 352 g/mol. The van der Waals surface area contributed by atoms with Crippen LogP contribution < -0.4 is 5.32 Å². The molecular formula is C18H16N4O2S. The van der Waals surface area contributed by atoms with E-state index in [1.165, 1.54) is 21.7 Å². The third-order valence-corrected chi connectivity index (χ3v) is 5.16. The number of aromatic nitrogens is 2. The van der Waals surface area contributed by atoms with Gasteiger partial charge in [-0.05, 0) is 24.3 Å². The van der Waals surface area contributed by atoms with Gasteiger partial charge < -0.3 is 20.3 Å². The summed E-state index contributed by atoms with van der Waals surface area (Å²) in [5.74, 6) is 0.616. The number of nitrogens with zero attached hydrogens (tertiary/aromatic N) is 2. The number of hydrogen-bond acceptors (Lipinski definition) is 4. The Labute approximate surface area is 148 Å². The molecular weight excluding hydrogens is 336 g/mol. The molecule has 1 aliphatic rings. The second-order valence-electron chi connectivity index (χ2n) is 5.82. The smallest absolute Gasteiger partial charge is 0.407 e. The molecule has 2 aromatic carbocycles. The molecule has 7 heteroatoms. The fourth-order valence-corrected chi connectivity index (χ4v) is 3.66. The summed E-state index contributed by atoms with van der Waals surface area (Å²) >= 11 is 1.74. The van der Waals surface area contributed by atoms with Crippen molar-refractivity contribution in [3.63, 3.8) is 0 Å². The van der Waals surface area contributed by atoms with E-state index in [0.717, 1.165) is 22.6 Å². The largest absolute Gasteiger partial charge is 0.465 e. The maximum Gasteiger partial charge on any atom is 0.407 e. The molecule has 0 spiro atoms. The number of carboxylic acid groups (broad SMARTS) is 1. The van der Waals surface area contributed by atoms with Gasteiger partial charge in [0.15, 0.2) is 0 Å². The van der Waals surface area contributed by atoms with Crippen LogP contribution in [0.2, 0.25) is 0 Å². The first kappa shape index (κ1) is 15.6. The zero-order valence-electron chi connectivity index (χ0n) is 13.5. The number of carbonyl (C=O) groups is 1. The van der Waals surface area contributed by atoms with Gasteiger partial charge in [0.05, 0.1) is 29.8 Å². The van der Waals surface area contributed by atoms with E-state index in [0.29, 0.717) is 5.82 Å². The average Bonchev–Trinajstić information content (AvgIpc) is 3.07. The highest BCUT2D eigenvalue weighted by atomic mass is 32.2. The molecule has 0 radical (unpaired) electrons. The molecule has 0 unspecified atom stereocenters. The summed E-state index contributed by atoms with van der Waals surface area (Å²) in [6, 6.07) is 14.4. The summed E-state index contributed by atoms with van der Waals surface area (Å²) in [6.45, 7) is 0.224. The predicted octanol–water partition coefficient (Wildman–Crippen LogP) is 4.39. The fraction of sp³-hybridized carbons (Fsp3) is 0.111.